The van der Waals surface area contributed by atoms with Crippen LogP contribution in [0, 0.1) is 0 Å². The molecule has 5 nitrogen and oxygen atoms in total. The van der Waals surface area contributed by atoms with Crippen LogP contribution in [0.2, 0.25) is 0 Å². The Labute approximate surface area is 102 Å². The summed E-state index contributed by atoms with van der Waals surface area (Å²) in [4.78, 5) is 10.9. The van der Waals surface area contributed by atoms with Gasteiger partial charge in [-0.1, -0.05) is 12.2 Å². The molecule has 1 amide bonds. The Kier molecular flexibility index (Phi) is 7.42. The number of carbonyl (C=O) groups is 1. The van der Waals surface area contributed by atoms with Gasteiger partial charge in [0.05, 0.1) is 13.2 Å². The lowest BCUT2D eigenvalue weighted by Gasteiger charge is -2.21. The summed E-state index contributed by atoms with van der Waals surface area (Å²) in [5, 5.41) is 2.59. The summed E-state index contributed by atoms with van der Waals surface area (Å²) >= 11 is 0. The molecule has 0 aliphatic carbocycles. The summed E-state index contributed by atoms with van der Waals surface area (Å²) in [5.41, 5.74) is 0. The lowest BCUT2D eigenvalue weighted by molar-refractivity contribution is -0.155. The van der Waals surface area contributed by atoms with E-state index in [1.807, 2.05) is 12.2 Å². The second kappa shape index (κ2) is 9.01. The second-order valence-electron chi connectivity index (χ2n) is 3.70. The third kappa shape index (κ3) is 6.97. The topological polar surface area (TPSA) is 56.8 Å². The molecule has 1 N–H and O–H groups in total. The Hall–Kier alpha value is -1.07. The number of nitrogens with one attached hydrogen (secondary N) is 1. The molecule has 0 aromatic carbocycles. The van der Waals surface area contributed by atoms with Crippen LogP contribution in [-0.2, 0) is 14.2 Å². The van der Waals surface area contributed by atoms with Crippen LogP contribution < -0.4 is 5.32 Å². The maximum Gasteiger partial charge on any atom is 0.407 e. The minimum Gasteiger partial charge on any atom is -0.450 e. The molecule has 0 aromatic rings. The number of carbonyl (C=O) groups excluding carboxylic acids is 1. The van der Waals surface area contributed by atoms with Crippen LogP contribution in [0.15, 0.2) is 12.2 Å². The van der Waals surface area contributed by atoms with Crippen molar-refractivity contribution in [2.45, 2.75) is 32.5 Å². The lowest BCUT2D eigenvalue weighted by Crippen LogP contribution is -2.24. The molecule has 0 radical (unpaired) electrons. The highest BCUT2D eigenvalue weighted by Crippen LogP contribution is 2.13. The fraction of sp³-hybridized carbons (Fsp3) is 0.750. The molecule has 1 heterocycles. The van der Waals surface area contributed by atoms with Crippen LogP contribution in [0.5, 0.6) is 0 Å². The number of amides is 1. The largest absolute Gasteiger partial charge is 0.450 e. The minimum atomic E-state index is -0.395. The fourth-order valence-corrected chi connectivity index (χ4v) is 1.48. The molecule has 0 bridgehead atoms. The maximum atomic E-state index is 10.9. The maximum absolute atomic E-state index is 10.9. The lowest BCUT2D eigenvalue weighted by atomic mass is 10.2. The van der Waals surface area contributed by atoms with E-state index in [1.54, 1.807) is 6.92 Å². The molecule has 0 aromatic heterocycles. The third-order valence-corrected chi connectivity index (χ3v) is 2.32. The molecular weight excluding hydrogens is 222 g/mol. The van der Waals surface area contributed by atoms with Gasteiger partial charge in [0, 0.05) is 13.2 Å². The van der Waals surface area contributed by atoms with E-state index in [9.17, 15) is 4.79 Å². The van der Waals surface area contributed by atoms with Gasteiger partial charge in [-0.05, 0) is 26.2 Å². The zero-order valence-electron chi connectivity index (χ0n) is 10.3. The first kappa shape index (κ1) is 14.0. The highest BCUT2D eigenvalue weighted by molar-refractivity contribution is 5.67. The van der Waals surface area contributed by atoms with Crippen LogP contribution in [0.1, 0.15) is 26.2 Å². The first-order chi connectivity index (χ1) is 8.33. The van der Waals surface area contributed by atoms with Crippen molar-refractivity contribution in [2.24, 2.45) is 0 Å². The van der Waals surface area contributed by atoms with Gasteiger partial charge in [0.25, 0.3) is 0 Å². The average Bonchev–Trinajstić information content (AvgIpc) is 2.35. The van der Waals surface area contributed by atoms with Crippen LogP contribution in [0.4, 0.5) is 4.79 Å². The number of hydrogen-bond donors (Lipinski definition) is 1. The third-order valence-electron chi connectivity index (χ3n) is 2.32. The zero-order chi connectivity index (χ0) is 12.3. The molecule has 1 fully saturated rings. The molecule has 1 atom stereocenters. The van der Waals surface area contributed by atoms with Gasteiger partial charge in [-0.15, -0.1) is 0 Å². The predicted octanol–water partition coefficient (Wildman–Crippen LogP) is 1.83. The second-order valence-corrected chi connectivity index (χ2v) is 3.70. The summed E-state index contributed by atoms with van der Waals surface area (Å²) in [5.74, 6) is 0. The monoisotopic (exact) mass is 243 g/mol. The van der Waals surface area contributed by atoms with Crippen LogP contribution in [0.25, 0.3) is 0 Å². The van der Waals surface area contributed by atoms with E-state index in [0.717, 1.165) is 19.4 Å². The Morgan fingerprint density at radius 3 is 3.06 bits per heavy atom. The number of rotatable bonds is 6. The highest BCUT2D eigenvalue weighted by atomic mass is 16.7. The summed E-state index contributed by atoms with van der Waals surface area (Å²) in [6, 6.07) is 0. The highest BCUT2D eigenvalue weighted by Gasteiger charge is 2.12. The van der Waals surface area contributed by atoms with E-state index in [1.165, 1.54) is 6.42 Å². The molecular formula is C12H21NO4. The van der Waals surface area contributed by atoms with E-state index >= 15 is 0 Å². The van der Waals surface area contributed by atoms with E-state index in [2.05, 4.69) is 5.32 Å². The van der Waals surface area contributed by atoms with Crippen molar-refractivity contribution in [3.8, 4) is 0 Å². The van der Waals surface area contributed by atoms with E-state index in [4.69, 9.17) is 14.2 Å². The zero-order valence-corrected chi connectivity index (χ0v) is 10.3. The first-order valence-corrected chi connectivity index (χ1v) is 6.11. The van der Waals surface area contributed by atoms with Gasteiger partial charge in [-0.25, -0.2) is 4.79 Å². The van der Waals surface area contributed by atoms with Gasteiger partial charge in [0.1, 0.15) is 0 Å². The molecule has 5 heteroatoms. The van der Waals surface area contributed by atoms with Crippen LogP contribution >= 0.6 is 0 Å². The normalized spacial score (nSPS) is 20.4. The van der Waals surface area contributed by atoms with E-state index in [0.29, 0.717) is 19.8 Å². The number of hydrogen-bond acceptors (Lipinski definition) is 4. The molecule has 1 rings (SSSR count). The summed E-state index contributed by atoms with van der Waals surface area (Å²) < 4.78 is 15.6. The smallest absolute Gasteiger partial charge is 0.407 e. The quantitative estimate of drug-likeness (QED) is 0.723. The Morgan fingerprint density at radius 1 is 1.47 bits per heavy atom. The molecule has 0 saturated carbocycles. The molecule has 1 aliphatic rings. The van der Waals surface area contributed by atoms with Crippen molar-refractivity contribution in [2.75, 3.05) is 26.4 Å². The van der Waals surface area contributed by atoms with Gasteiger partial charge in [0.2, 0.25) is 0 Å². The standard InChI is InChI=1S/C12H21NO4/c1-2-15-12(14)13-8-4-6-10-17-11-7-3-5-9-16-11/h4,6,11H,2-3,5,7-10H2,1H3,(H,13,14)/b6-4+. The Morgan fingerprint density at radius 2 is 2.35 bits per heavy atom. The molecule has 1 aliphatic heterocycles. The Balaban J connectivity index is 1.96. The molecule has 17 heavy (non-hydrogen) atoms. The predicted molar refractivity (Wildman–Crippen MR) is 63.7 cm³/mol. The van der Waals surface area contributed by atoms with E-state index in [-0.39, 0.29) is 6.29 Å². The van der Waals surface area contributed by atoms with Gasteiger partial charge in [-0.2, -0.15) is 0 Å². The summed E-state index contributed by atoms with van der Waals surface area (Å²) in [6.45, 7) is 3.91. The average molecular weight is 243 g/mol. The van der Waals surface area contributed by atoms with Crippen LogP contribution in [-0.4, -0.2) is 38.7 Å². The van der Waals surface area contributed by atoms with Gasteiger partial charge in [0.15, 0.2) is 6.29 Å². The van der Waals surface area contributed by atoms with Crippen molar-refractivity contribution < 1.29 is 19.0 Å². The minimum absolute atomic E-state index is 0.0635. The van der Waals surface area contributed by atoms with Gasteiger partial charge in [-0.3, -0.25) is 0 Å². The van der Waals surface area contributed by atoms with Gasteiger partial charge >= 0.3 is 6.09 Å². The van der Waals surface area contributed by atoms with Crippen molar-refractivity contribution >= 4 is 6.09 Å². The van der Waals surface area contributed by atoms with Crippen molar-refractivity contribution in [3.63, 3.8) is 0 Å². The van der Waals surface area contributed by atoms with Crippen molar-refractivity contribution in [1.29, 1.82) is 0 Å². The number of ether oxygens (including phenoxy) is 3. The first-order valence-electron chi connectivity index (χ1n) is 6.11. The van der Waals surface area contributed by atoms with Crippen molar-refractivity contribution in [1.82, 2.24) is 5.32 Å². The van der Waals surface area contributed by atoms with E-state index < -0.39 is 6.09 Å². The SMILES string of the molecule is CCOC(=O)NC/C=C/COC1CCCCO1. The Bertz CT molecular complexity index is 237. The molecule has 98 valence electrons. The summed E-state index contributed by atoms with van der Waals surface area (Å²) in [6.07, 6.45) is 6.50. The molecule has 0 spiro atoms. The fourth-order valence-electron chi connectivity index (χ4n) is 1.48. The molecule has 1 saturated heterocycles. The van der Waals surface area contributed by atoms with Crippen molar-refractivity contribution in [3.05, 3.63) is 12.2 Å². The van der Waals surface area contributed by atoms with Crippen LogP contribution in [0.3, 0.4) is 0 Å². The number of alkyl carbamates (subject to hydrolysis) is 1. The van der Waals surface area contributed by atoms with Gasteiger partial charge < -0.3 is 19.5 Å². The summed E-state index contributed by atoms with van der Waals surface area (Å²) in [7, 11) is 0. The molecule has 1 unspecified atom stereocenters.